The maximum absolute atomic E-state index is 13.4. The molecule has 0 amide bonds. The van der Waals surface area contributed by atoms with Crippen molar-refractivity contribution >= 4 is 11.7 Å². The molecule has 4 nitrogen and oxygen atoms in total. The molecule has 1 N–H and O–H groups in total. The molecule has 2 aromatic rings. The quantitative estimate of drug-likeness (QED) is 0.882. The fourth-order valence-electron chi connectivity index (χ4n) is 3.70. The highest BCUT2D eigenvalue weighted by Crippen LogP contribution is 2.35. The molecule has 0 radical (unpaired) electrons. The van der Waals surface area contributed by atoms with E-state index in [1.807, 2.05) is 48.2 Å². The van der Waals surface area contributed by atoms with Gasteiger partial charge in [-0.15, -0.1) is 0 Å². The minimum Gasteiger partial charge on any atom is -0.480 e. The smallest absolute Gasteiger partial charge is 0.320 e. The van der Waals surface area contributed by atoms with Crippen LogP contribution in [0.15, 0.2) is 48.5 Å². The average molecular weight is 356 g/mol. The minimum absolute atomic E-state index is 0.201. The first-order chi connectivity index (χ1) is 12.5. The second-order valence-corrected chi connectivity index (χ2v) is 7.03. The second-order valence-electron chi connectivity index (χ2n) is 7.03. The third kappa shape index (κ3) is 3.88. The summed E-state index contributed by atoms with van der Waals surface area (Å²) in [6, 6.07) is 13.8. The molecule has 2 atom stereocenters. The molecule has 1 saturated heterocycles. The van der Waals surface area contributed by atoms with Gasteiger partial charge in [0.1, 0.15) is 11.9 Å². The van der Waals surface area contributed by atoms with E-state index in [1.165, 1.54) is 12.1 Å². The maximum atomic E-state index is 13.4. The van der Waals surface area contributed by atoms with Gasteiger partial charge >= 0.3 is 5.97 Å². The summed E-state index contributed by atoms with van der Waals surface area (Å²) in [7, 11) is 3.97. The lowest BCUT2D eigenvalue weighted by Crippen LogP contribution is -2.46. The molecule has 0 aliphatic carbocycles. The molecule has 26 heavy (non-hydrogen) atoms. The van der Waals surface area contributed by atoms with Gasteiger partial charge in [-0.3, -0.25) is 9.69 Å². The lowest BCUT2D eigenvalue weighted by atomic mass is 9.91. The summed E-state index contributed by atoms with van der Waals surface area (Å²) in [5.74, 6) is -1.08. The van der Waals surface area contributed by atoms with Gasteiger partial charge in [0.25, 0.3) is 0 Å². The van der Waals surface area contributed by atoms with E-state index < -0.39 is 12.0 Å². The summed E-state index contributed by atoms with van der Waals surface area (Å²) in [5.41, 5.74) is 3.02. The fourth-order valence-corrected chi connectivity index (χ4v) is 3.70. The van der Waals surface area contributed by atoms with E-state index in [-0.39, 0.29) is 11.9 Å². The molecule has 2 unspecified atom stereocenters. The molecule has 1 aliphatic heterocycles. The highest BCUT2D eigenvalue weighted by atomic mass is 19.1. The molecule has 1 heterocycles. The number of benzene rings is 2. The summed E-state index contributed by atoms with van der Waals surface area (Å²) in [4.78, 5) is 15.9. The molecular weight excluding hydrogens is 331 g/mol. The van der Waals surface area contributed by atoms with Gasteiger partial charge in [0.15, 0.2) is 0 Å². The van der Waals surface area contributed by atoms with Crippen LogP contribution < -0.4 is 4.90 Å². The van der Waals surface area contributed by atoms with Crippen molar-refractivity contribution in [3.05, 3.63) is 65.5 Å². The Morgan fingerprint density at radius 2 is 1.65 bits per heavy atom. The number of hydrogen-bond donors (Lipinski definition) is 1. The van der Waals surface area contributed by atoms with E-state index in [0.717, 1.165) is 29.7 Å². The molecule has 3 rings (SSSR count). The van der Waals surface area contributed by atoms with Crippen LogP contribution in [0, 0.1) is 5.82 Å². The number of nitrogens with zero attached hydrogens (tertiary/aromatic N) is 2. The third-order valence-corrected chi connectivity index (χ3v) is 5.07. The van der Waals surface area contributed by atoms with Crippen molar-refractivity contribution in [2.75, 3.05) is 25.5 Å². The fraction of sp³-hybridized carbons (Fsp3) is 0.381. The molecule has 2 aromatic carbocycles. The zero-order valence-electron chi connectivity index (χ0n) is 15.2. The van der Waals surface area contributed by atoms with Crippen molar-refractivity contribution in [2.45, 2.75) is 31.3 Å². The average Bonchev–Trinajstić information content (AvgIpc) is 2.64. The largest absolute Gasteiger partial charge is 0.480 e. The summed E-state index contributed by atoms with van der Waals surface area (Å²) in [5, 5.41) is 9.70. The van der Waals surface area contributed by atoms with Gasteiger partial charge in [0.05, 0.1) is 6.04 Å². The van der Waals surface area contributed by atoms with Crippen molar-refractivity contribution in [2.24, 2.45) is 0 Å². The molecule has 138 valence electrons. The molecular formula is C21H25FN2O2. The van der Waals surface area contributed by atoms with E-state index in [4.69, 9.17) is 0 Å². The predicted octanol–water partition coefficient (Wildman–Crippen LogP) is 3.92. The number of anilines is 1. The monoisotopic (exact) mass is 356 g/mol. The van der Waals surface area contributed by atoms with Crippen LogP contribution >= 0.6 is 0 Å². The molecule has 0 spiro atoms. The van der Waals surface area contributed by atoms with E-state index in [2.05, 4.69) is 0 Å². The van der Waals surface area contributed by atoms with Crippen molar-refractivity contribution in [1.82, 2.24) is 4.90 Å². The van der Waals surface area contributed by atoms with Crippen molar-refractivity contribution in [1.29, 1.82) is 0 Å². The minimum atomic E-state index is -0.790. The first-order valence-corrected chi connectivity index (χ1v) is 8.98. The number of aliphatic carboxylic acids is 1. The molecule has 0 bridgehead atoms. The molecule has 5 heteroatoms. The number of carboxylic acids is 1. The highest BCUT2D eigenvalue weighted by Gasteiger charge is 2.35. The summed E-state index contributed by atoms with van der Waals surface area (Å²) in [6.07, 6.45) is 2.53. The van der Waals surface area contributed by atoms with Gasteiger partial charge in [-0.25, -0.2) is 4.39 Å². The molecule has 0 aromatic heterocycles. The number of hydrogen-bond acceptors (Lipinski definition) is 3. The first-order valence-electron chi connectivity index (χ1n) is 8.98. The van der Waals surface area contributed by atoms with Crippen LogP contribution in [-0.4, -0.2) is 42.7 Å². The maximum Gasteiger partial charge on any atom is 0.320 e. The first kappa shape index (κ1) is 18.4. The number of piperidine rings is 1. The van der Waals surface area contributed by atoms with E-state index >= 15 is 0 Å². The van der Waals surface area contributed by atoms with Crippen LogP contribution in [0.4, 0.5) is 10.1 Å². The topological polar surface area (TPSA) is 43.8 Å². The molecule has 1 fully saturated rings. The molecule has 1 aliphatic rings. The zero-order valence-corrected chi connectivity index (χ0v) is 15.2. The SMILES string of the molecule is CN(C)c1ccc(C(c2ccc(F)cc2)N2CCCCC2C(=O)O)cc1. The van der Waals surface area contributed by atoms with Gasteiger partial charge in [-0.2, -0.15) is 0 Å². The Bertz CT molecular complexity index is 744. The van der Waals surface area contributed by atoms with E-state index in [0.29, 0.717) is 13.0 Å². The van der Waals surface area contributed by atoms with Crippen LogP contribution in [-0.2, 0) is 4.79 Å². The van der Waals surface area contributed by atoms with Crippen LogP contribution in [0.25, 0.3) is 0 Å². The molecule has 0 saturated carbocycles. The summed E-state index contributed by atoms with van der Waals surface area (Å²) >= 11 is 0. The Hall–Kier alpha value is -2.40. The van der Waals surface area contributed by atoms with Gasteiger partial charge in [-0.05, 0) is 54.8 Å². The second kappa shape index (κ2) is 7.87. The lowest BCUT2D eigenvalue weighted by molar-refractivity contribution is -0.145. The normalized spacial score (nSPS) is 19.1. The van der Waals surface area contributed by atoms with Crippen LogP contribution in [0.1, 0.15) is 36.4 Å². The van der Waals surface area contributed by atoms with Crippen LogP contribution in [0.3, 0.4) is 0 Å². The van der Waals surface area contributed by atoms with Gasteiger partial charge < -0.3 is 10.0 Å². The Balaban J connectivity index is 2.03. The standard InChI is InChI=1S/C21H25FN2O2/c1-23(2)18-12-8-16(9-13-18)20(15-6-10-17(22)11-7-15)24-14-4-3-5-19(24)21(25)26/h6-13,19-20H,3-5,14H2,1-2H3,(H,25,26). The predicted molar refractivity (Wildman–Crippen MR) is 101 cm³/mol. The number of rotatable bonds is 5. The van der Waals surface area contributed by atoms with Gasteiger partial charge in [0.2, 0.25) is 0 Å². The lowest BCUT2D eigenvalue weighted by Gasteiger charge is -2.39. The highest BCUT2D eigenvalue weighted by molar-refractivity contribution is 5.73. The number of halogens is 1. The van der Waals surface area contributed by atoms with E-state index in [9.17, 15) is 14.3 Å². The number of likely N-dealkylation sites (tertiary alicyclic amines) is 1. The zero-order chi connectivity index (χ0) is 18.7. The van der Waals surface area contributed by atoms with Gasteiger partial charge in [0, 0.05) is 19.8 Å². The Morgan fingerprint density at radius 3 is 2.19 bits per heavy atom. The third-order valence-electron chi connectivity index (χ3n) is 5.07. The van der Waals surface area contributed by atoms with Crippen molar-refractivity contribution in [3.63, 3.8) is 0 Å². The van der Waals surface area contributed by atoms with E-state index in [1.54, 1.807) is 12.1 Å². The van der Waals surface area contributed by atoms with Crippen molar-refractivity contribution in [3.8, 4) is 0 Å². The van der Waals surface area contributed by atoms with Crippen molar-refractivity contribution < 1.29 is 14.3 Å². The van der Waals surface area contributed by atoms with Crippen LogP contribution in [0.5, 0.6) is 0 Å². The van der Waals surface area contributed by atoms with Crippen LogP contribution in [0.2, 0.25) is 0 Å². The number of carbonyl (C=O) groups is 1. The Kier molecular flexibility index (Phi) is 5.57. The Morgan fingerprint density at radius 1 is 1.08 bits per heavy atom. The van der Waals surface area contributed by atoms with Gasteiger partial charge in [-0.1, -0.05) is 30.7 Å². The summed E-state index contributed by atoms with van der Waals surface area (Å²) < 4.78 is 13.4. The Labute approximate surface area is 153 Å². The number of carboxylic acid groups (broad SMARTS) is 1. The summed E-state index contributed by atoms with van der Waals surface area (Å²) in [6.45, 7) is 0.717.